The van der Waals surface area contributed by atoms with Crippen molar-refractivity contribution in [2.24, 2.45) is 0 Å². The third-order valence-electron chi connectivity index (χ3n) is 2.72. The number of aromatic nitrogens is 2. The van der Waals surface area contributed by atoms with Gasteiger partial charge in [0.1, 0.15) is 12.4 Å². The monoisotopic (exact) mass is 227 g/mol. The number of nitrogens with one attached hydrogen (secondary N) is 1. The summed E-state index contributed by atoms with van der Waals surface area (Å²) in [6, 6.07) is 9.71. The van der Waals surface area contributed by atoms with Crippen LogP contribution >= 0.6 is 0 Å². The van der Waals surface area contributed by atoms with Crippen molar-refractivity contribution in [3.8, 4) is 5.75 Å². The molecule has 4 heteroatoms. The number of hydrogen-bond donors (Lipinski definition) is 1. The van der Waals surface area contributed by atoms with Crippen molar-refractivity contribution >= 4 is 0 Å². The third-order valence-corrected chi connectivity index (χ3v) is 2.72. The molecule has 1 N–H and O–H groups in total. The Kier molecular flexibility index (Phi) is 2.71. The van der Waals surface area contributed by atoms with Crippen molar-refractivity contribution < 1.29 is 4.74 Å². The molecule has 0 fully saturated rings. The summed E-state index contributed by atoms with van der Waals surface area (Å²) in [6.07, 6.45) is 1.88. The number of ether oxygens (including phenoxy) is 1. The van der Waals surface area contributed by atoms with Gasteiger partial charge >= 0.3 is 0 Å². The molecule has 0 bridgehead atoms. The summed E-state index contributed by atoms with van der Waals surface area (Å²) in [6.45, 7) is 2.11. The highest BCUT2D eigenvalue weighted by Gasteiger charge is 2.12. The van der Waals surface area contributed by atoms with Gasteiger partial charge in [-0.3, -0.25) is 0 Å². The Balaban J connectivity index is 1.70. The van der Waals surface area contributed by atoms with Gasteiger partial charge < -0.3 is 10.1 Å². The summed E-state index contributed by atoms with van der Waals surface area (Å²) in [7, 11) is 0. The maximum absolute atomic E-state index is 5.61. The topological polar surface area (TPSA) is 47.0 Å². The largest absolute Gasteiger partial charge is 0.486 e. The average Bonchev–Trinajstić information content (AvgIpc) is 2.85. The number of nitrogens with zero attached hydrogens (tertiary/aromatic N) is 2. The van der Waals surface area contributed by atoms with Crippen LogP contribution in [0.3, 0.4) is 0 Å². The lowest BCUT2D eigenvalue weighted by Gasteiger charge is -2.05. The van der Waals surface area contributed by atoms with Gasteiger partial charge in [-0.2, -0.15) is 0 Å². The fraction of sp³-hybridized carbons (Fsp3) is 0.231. The Labute approximate surface area is 99.7 Å². The van der Waals surface area contributed by atoms with Crippen LogP contribution in [0.1, 0.15) is 17.1 Å². The van der Waals surface area contributed by atoms with Crippen LogP contribution in [0.15, 0.2) is 36.5 Å². The Bertz CT molecular complexity index is 513. The second-order valence-electron chi connectivity index (χ2n) is 3.96. The molecule has 0 saturated carbocycles. The second kappa shape index (κ2) is 4.51. The van der Waals surface area contributed by atoms with Crippen LogP contribution in [0.2, 0.25) is 0 Å². The minimum atomic E-state index is 0.414. The molecular weight excluding hydrogens is 214 g/mol. The van der Waals surface area contributed by atoms with E-state index in [0.29, 0.717) is 6.61 Å². The van der Waals surface area contributed by atoms with E-state index in [-0.39, 0.29) is 0 Å². The number of fused-ring (bicyclic) bond motifs is 1. The molecule has 3 rings (SSSR count). The molecule has 1 aromatic heterocycles. The van der Waals surface area contributed by atoms with Crippen LogP contribution < -0.4 is 10.1 Å². The van der Waals surface area contributed by atoms with Gasteiger partial charge in [-0.15, -0.1) is 0 Å². The zero-order valence-corrected chi connectivity index (χ0v) is 9.39. The fourth-order valence-corrected chi connectivity index (χ4v) is 1.83. The van der Waals surface area contributed by atoms with E-state index in [1.54, 1.807) is 0 Å². The molecule has 0 radical (unpaired) electrons. The molecule has 86 valence electrons. The molecule has 4 nitrogen and oxygen atoms in total. The number of rotatable bonds is 3. The van der Waals surface area contributed by atoms with Crippen LogP contribution in [0.25, 0.3) is 0 Å². The summed E-state index contributed by atoms with van der Waals surface area (Å²) >= 11 is 0. The Morgan fingerprint density at radius 2 is 2.06 bits per heavy atom. The van der Waals surface area contributed by atoms with Crippen molar-refractivity contribution in [1.82, 2.24) is 15.3 Å². The fourth-order valence-electron chi connectivity index (χ4n) is 1.83. The van der Waals surface area contributed by atoms with E-state index in [2.05, 4.69) is 15.3 Å². The first-order chi connectivity index (χ1) is 8.42. The van der Waals surface area contributed by atoms with E-state index in [9.17, 15) is 0 Å². The first-order valence-electron chi connectivity index (χ1n) is 5.64. The van der Waals surface area contributed by atoms with Gasteiger partial charge in [0, 0.05) is 24.8 Å². The number of hydrogen-bond acceptors (Lipinski definition) is 4. The van der Waals surface area contributed by atoms with E-state index < -0.39 is 0 Å². The minimum absolute atomic E-state index is 0.414. The summed E-state index contributed by atoms with van der Waals surface area (Å²) in [5.74, 6) is 1.58. The molecule has 1 aromatic carbocycles. The van der Waals surface area contributed by atoms with Gasteiger partial charge in [-0.05, 0) is 12.1 Å². The molecule has 0 saturated heterocycles. The molecule has 1 aliphatic heterocycles. The molecule has 17 heavy (non-hydrogen) atoms. The van der Waals surface area contributed by atoms with Crippen molar-refractivity contribution in [2.75, 3.05) is 0 Å². The maximum Gasteiger partial charge on any atom is 0.166 e. The normalized spacial score (nSPS) is 13.4. The quantitative estimate of drug-likeness (QED) is 0.866. The van der Waals surface area contributed by atoms with Crippen molar-refractivity contribution in [1.29, 1.82) is 0 Å². The first-order valence-corrected chi connectivity index (χ1v) is 5.64. The predicted molar refractivity (Wildman–Crippen MR) is 63.3 cm³/mol. The van der Waals surface area contributed by atoms with Gasteiger partial charge in [-0.25, -0.2) is 9.97 Å². The zero-order chi connectivity index (χ0) is 11.5. The highest BCUT2D eigenvalue weighted by Crippen LogP contribution is 2.13. The van der Waals surface area contributed by atoms with Gasteiger partial charge in [0.15, 0.2) is 5.82 Å². The highest BCUT2D eigenvalue weighted by atomic mass is 16.5. The Hall–Kier alpha value is -1.94. The first kappa shape index (κ1) is 10.2. The van der Waals surface area contributed by atoms with Gasteiger partial charge in [-0.1, -0.05) is 18.2 Å². The molecule has 0 spiro atoms. The maximum atomic E-state index is 5.61. The average molecular weight is 227 g/mol. The molecule has 0 aliphatic carbocycles. The molecule has 0 atom stereocenters. The van der Waals surface area contributed by atoms with E-state index in [0.717, 1.165) is 30.4 Å². The molecule has 0 amide bonds. The van der Waals surface area contributed by atoms with E-state index in [4.69, 9.17) is 4.74 Å². The molecule has 1 aliphatic rings. The predicted octanol–water partition coefficient (Wildman–Crippen LogP) is 1.66. The van der Waals surface area contributed by atoms with E-state index in [1.165, 1.54) is 5.56 Å². The van der Waals surface area contributed by atoms with E-state index in [1.807, 2.05) is 36.5 Å². The van der Waals surface area contributed by atoms with Crippen LogP contribution in [-0.4, -0.2) is 9.97 Å². The highest BCUT2D eigenvalue weighted by molar-refractivity contribution is 5.22. The van der Waals surface area contributed by atoms with Crippen LogP contribution in [0.5, 0.6) is 5.75 Å². The molecule has 2 heterocycles. The van der Waals surface area contributed by atoms with Crippen molar-refractivity contribution in [3.63, 3.8) is 0 Å². The number of para-hydroxylation sites is 1. The summed E-state index contributed by atoms with van der Waals surface area (Å²) < 4.78 is 5.61. The van der Waals surface area contributed by atoms with Crippen LogP contribution in [0, 0.1) is 0 Å². The van der Waals surface area contributed by atoms with Crippen molar-refractivity contribution in [2.45, 2.75) is 19.7 Å². The lowest BCUT2D eigenvalue weighted by Crippen LogP contribution is -2.04. The molecular formula is C13H13N3O. The zero-order valence-electron chi connectivity index (χ0n) is 9.39. The standard InChI is InChI=1S/C13H13N3O/c1-2-4-11(5-3-1)17-9-13-15-7-10-6-14-8-12(10)16-13/h1-5,7,14H,6,8-9H2. The van der Waals surface area contributed by atoms with Gasteiger partial charge in [0.2, 0.25) is 0 Å². The lowest BCUT2D eigenvalue weighted by atomic mass is 10.3. The van der Waals surface area contributed by atoms with Crippen molar-refractivity contribution in [3.05, 3.63) is 53.6 Å². The SMILES string of the molecule is c1ccc(OCc2ncc3c(n2)CNC3)cc1. The summed E-state index contributed by atoms with van der Waals surface area (Å²) in [5, 5.41) is 3.25. The second-order valence-corrected chi connectivity index (χ2v) is 3.96. The minimum Gasteiger partial charge on any atom is -0.486 e. The Morgan fingerprint density at radius 3 is 2.94 bits per heavy atom. The van der Waals surface area contributed by atoms with E-state index >= 15 is 0 Å². The van der Waals surface area contributed by atoms with Gasteiger partial charge in [0.05, 0.1) is 5.69 Å². The Morgan fingerprint density at radius 1 is 1.18 bits per heavy atom. The lowest BCUT2D eigenvalue weighted by molar-refractivity contribution is 0.295. The smallest absolute Gasteiger partial charge is 0.166 e. The number of benzene rings is 1. The van der Waals surface area contributed by atoms with Crippen LogP contribution in [0.4, 0.5) is 0 Å². The molecule has 2 aromatic rings. The van der Waals surface area contributed by atoms with Gasteiger partial charge in [0.25, 0.3) is 0 Å². The third kappa shape index (κ3) is 2.26. The summed E-state index contributed by atoms with van der Waals surface area (Å²) in [4.78, 5) is 8.76. The van der Waals surface area contributed by atoms with Crippen LogP contribution in [-0.2, 0) is 19.7 Å². The molecule has 0 unspecified atom stereocenters. The summed E-state index contributed by atoms with van der Waals surface area (Å²) in [5.41, 5.74) is 2.28.